The molecule has 0 bridgehead atoms. The van der Waals surface area contributed by atoms with Crippen LogP contribution in [0.3, 0.4) is 0 Å². The van der Waals surface area contributed by atoms with E-state index in [1.807, 2.05) is 0 Å². The predicted octanol–water partition coefficient (Wildman–Crippen LogP) is 3.15. The number of halogens is 1. The summed E-state index contributed by atoms with van der Waals surface area (Å²) in [7, 11) is 0. The summed E-state index contributed by atoms with van der Waals surface area (Å²) in [6.07, 6.45) is 1.65. The van der Waals surface area contributed by atoms with Gasteiger partial charge in [0.05, 0.1) is 11.0 Å². The van der Waals surface area contributed by atoms with Crippen molar-refractivity contribution < 1.29 is 18.8 Å². The predicted molar refractivity (Wildman–Crippen MR) is 112 cm³/mol. The number of hydrogen-bond donors (Lipinski definition) is 3. The molecule has 30 heavy (non-hydrogen) atoms. The Kier molecular flexibility index (Phi) is 6.36. The molecular formula is C22H21FN4O3. The van der Waals surface area contributed by atoms with E-state index in [1.54, 1.807) is 30.3 Å². The van der Waals surface area contributed by atoms with Crippen LogP contribution in [0.1, 0.15) is 30.0 Å². The van der Waals surface area contributed by atoms with Gasteiger partial charge in [0.15, 0.2) is 5.78 Å². The summed E-state index contributed by atoms with van der Waals surface area (Å²) in [6.45, 7) is 3.30. The van der Waals surface area contributed by atoms with Crippen molar-refractivity contribution in [2.45, 2.75) is 20.3 Å². The van der Waals surface area contributed by atoms with E-state index in [0.29, 0.717) is 41.1 Å². The van der Waals surface area contributed by atoms with Crippen LogP contribution in [0.25, 0.3) is 11.0 Å². The Labute approximate surface area is 172 Å². The van der Waals surface area contributed by atoms with Crippen LogP contribution in [-0.2, 0) is 16.0 Å². The molecule has 3 aromatic rings. The highest BCUT2D eigenvalue weighted by Gasteiger charge is 2.09. The Balaban J connectivity index is 1.50. The number of carbonyl (C=O) groups excluding carboxylic acids is 3. The lowest BCUT2D eigenvalue weighted by molar-refractivity contribution is -0.117. The number of ketones is 1. The Morgan fingerprint density at radius 2 is 1.83 bits per heavy atom. The molecule has 0 aliphatic carbocycles. The molecule has 0 saturated heterocycles. The van der Waals surface area contributed by atoms with E-state index in [9.17, 15) is 18.8 Å². The maximum Gasteiger partial charge on any atom is 0.251 e. The second-order valence-electron chi connectivity index (χ2n) is 6.80. The van der Waals surface area contributed by atoms with Crippen LogP contribution in [0.4, 0.5) is 10.1 Å². The first-order valence-electron chi connectivity index (χ1n) is 9.34. The van der Waals surface area contributed by atoms with Crippen LogP contribution >= 0.6 is 0 Å². The van der Waals surface area contributed by atoms with Crippen molar-refractivity contribution >= 4 is 34.3 Å². The zero-order valence-corrected chi connectivity index (χ0v) is 16.6. The van der Waals surface area contributed by atoms with E-state index in [2.05, 4.69) is 20.6 Å². The summed E-state index contributed by atoms with van der Waals surface area (Å²) in [6, 6.07) is 10.8. The van der Waals surface area contributed by atoms with Gasteiger partial charge in [-0.3, -0.25) is 14.4 Å². The molecule has 2 amide bonds. The molecule has 0 unspecified atom stereocenters. The van der Waals surface area contributed by atoms with E-state index in [4.69, 9.17) is 0 Å². The number of anilines is 1. The van der Waals surface area contributed by atoms with Gasteiger partial charge in [-0.2, -0.15) is 0 Å². The van der Waals surface area contributed by atoms with Crippen LogP contribution in [0.15, 0.2) is 54.1 Å². The van der Waals surface area contributed by atoms with Crippen molar-refractivity contribution in [1.29, 1.82) is 0 Å². The van der Waals surface area contributed by atoms with Gasteiger partial charge in [0.25, 0.3) is 5.91 Å². The summed E-state index contributed by atoms with van der Waals surface area (Å²) in [5.74, 6) is -0.602. The number of hydrogen-bond acceptors (Lipinski definition) is 4. The molecule has 2 aromatic carbocycles. The number of H-pyrrole nitrogens is 1. The van der Waals surface area contributed by atoms with Crippen molar-refractivity contribution in [3.63, 3.8) is 0 Å². The van der Waals surface area contributed by atoms with Gasteiger partial charge in [-0.1, -0.05) is 0 Å². The van der Waals surface area contributed by atoms with Crippen molar-refractivity contribution in [2.75, 3.05) is 11.9 Å². The number of benzene rings is 2. The highest BCUT2D eigenvalue weighted by atomic mass is 19.1. The molecule has 7 nitrogen and oxygen atoms in total. The zero-order valence-electron chi connectivity index (χ0n) is 16.6. The molecule has 8 heteroatoms. The van der Waals surface area contributed by atoms with Crippen LogP contribution in [0.5, 0.6) is 0 Å². The third kappa shape index (κ3) is 5.38. The number of Topliss-reactive ketones (excluding diaryl/α,β-unsaturated/α-hetero) is 1. The Morgan fingerprint density at radius 3 is 2.53 bits per heavy atom. The number of aromatic amines is 1. The standard InChI is InChI=1S/C22H21FN4O3/c1-13(22(30)25-17-6-3-15(4-7-17)14(2)28)11-21(29)24-10-9-20-26-18-8-5-16(23)12-19(18)27-20/h3-8,11-12H,9-10H2,1-2H3,(H,24,29)(H,25,30)(H,26,27)/b13-11-. The second-order valence-corrected chi connectivity index (χ2v) is 6.80. The normalized spacial score (nSPS) is 11.4. The minimum atomic E-state index is -0.417. The van der Waals surface area contributed by atoms with Crippen LogP contribution in [-0.4, -0.2) is 34.1 Å². The third-order valence-corrected chi connectivity index (χ3v) is 4.41. The molecule has 0 atom stereocenters. The third-order valence-electron chi connectivity index (χ3n) is 4.41. The summed E-state index contributed by atoms with van der Waals surface area (Å²) >= 11 is 0. The quantitative estimate of drug-likeness (QED) is 0.413. The molecule has 1 aromatic heterocycles. The van der Waals surface area contributed by atoms with E-state index in [0.717, 1.165) is 0 Å². The molecule has 3 N–H and O–H groups in total. The Hall–Kier alpha value is -3.81. The first kappa shape index (κ1) is 20.9. The van der Waals surface area contributed by atoms with Gasteiger partial charge in [-0.05, 0) is 56.3 Å². The molecule has 3 rings (SSSR count). The fourth-order valence-corrected chi connectivity index (χ4v) is 2.79. The maximum absolute atomic E-state index is 13.2. The van der Waals surface area contributed by atoms with Gasteiger partial charge >= 0.3 is 0 Å². The SMILES string of the molecule is CC(=O)c1ccc(NC(=O)/C(C)=C\C(=O)NCCc2nc3ccc(F)cc3[nH]2)cc1. The Morgan fingerprint density at radius 1 is 1.10 bits per heavy atom. The van der Waals surface area contributed by atoms with Crippen LogP contribution < -0.4 is 10.6 Å². The van der Waals surface area contributed by atoms with Gasteiger partial charge in [-0.25, -0.2) is 9.37 Å². The Bertz CT molecular complexity index is 1130. The average molecular weight is 408 g/mol. The number of aromatic nitrogens is 2. The summed E-state index contributed by atoms with van der Waals surface area (Å²) < 4.78 is 13.2. The van der Waals surface area contributed by atoms with Gasteiger partial charge < -0.3 is 15.6 Å². The monoisotopic (exact) mass is 408 g/mol. The maximum atomic E-state index is 13.2. The number of nitrogens with zero attached hydrogens (tertiary/aromatic N) is 1. The highest BCUT2D eigenvalue weighted by Crippen LogP contribution is 2.13. The average Bonchev–Trinajstić information content (AvgIpc) is 3.10. The lowest BCUT2D eigenvalue weighted by Crippen LogP contribution is -2.25. The van der Waals surface area contributed by atoms with E-state index < -0.39 is 11.8 Å². The molecule has 0 spiro atoms. The highest BCUT2D eigenvalue weighted by molar-refractivity contribution is 6.07. The van der Waals surface area contributed by atoms with E-state index in [-0.39, 0.29) is 17.2 Å². The smallest absolute Gasteiger partial charge is 0.251 e. The number of fused-ring (bicyclic) bond motifs is 1. The molecular weight excluding hydrogens is 387 g/mol. The molecule has 0 aliphatic rings. The molecule has 0 aliphatic heterocycles. The largest absolute Gasteiger partial charge is 0.352 e. The fraction of sp³-hybridized carbons (Fsp3) is 0.182. The van der Waals surface area contributed by atoms with Crippen molar-refractivity contribution in [3.8, 4) is 0 Å². The molecule has 1 heterocycles. The molecule has 0 saturated carbocycles. The van der Waals surface area contributed by atoms with Gasteiger partial charge in [-0.15, -0.1) is 0 Å². The first-order chi connectivity index (χ1) is 14.3. The lowest BCUT2D eigenvalue weighted by Gasteiger charge is -2.06. The summed E-state index contributed by atoms with van der Waals surface area (Å²) in [5, 5.41) is 5.36. The number of rotatable bonds is 7. The van der Waals surface area contributed by atoms with Crippen molar-refractivity contribution in [3.05, 3.63) is 71.3 Å². The topological polar surface area (TPSA) is 104 Å². The van der Waals surface area contributed by atoms with Crippen LogP contribution in [0.2, 0.25) is 0 Å². The fourth-order valence-electron chi connectivity index (χ4n) is 2.79. The second kappa shape index (κ2) is 9.13. The van der Waals surface area contributed by atoms with E-state index >= 15 is 0 Å². The van der Waals surface area contributed by atoms with Gasteiger partial charge in [0.1, 0.15) is 11.6 Å². The number of amides is 2. The molecule has 0 radical (unpaired) electrons. The van der Waals surface area contributed by atoms with Crippen molar-refractivity contribution in [2.24, 2.45) is 0 Å². The zero-order chi connectivity index (χ0) is 21.7. The summed E-state index contributed by atoms with van der Waals surface area (Å²) in [5.41, 5.74) is 2.57. The lowest BCUT2D eigenvalue weighted by atomic mass is 10.1. The number of nitrogens with one attached hydrogen (secondary N) is 3. The number of imidazole rings is 1. The van der Waals surface area contributed by atoms with Gasteiger partial charge in [0, 0.05) is 35.9 Å². The number of carbonyl (C=O) groups is 3. The minimum absolute atomic E-state index is 0.0598. The van der Waals surface area contributed by atoms with Gasteiger partial charge in [0.2, 0.25) is 5.91 Å². The molecule has 154 valence electrons. The minimum Gasteiger partial charge on any atom is -0.352 e. The van der Waals surface area contributed by atoms with Crippen molar-refractivity contribution in [1.82, 2.24) is 15.3 Å². The van der Waals surface area contributed by atoms with Crippen LogP contribution in [0, 0.1) is 5.82 Å². The molecule has 0 fully saturated rings. The first-order valence-corrected chi connectivity index (χ1v) is 9.34. The summed E-state index contributed by atoms with van der Waals surface area (Å²) in [4.78, 5) is 42.9. The van der Waals surface area contributed by atoms with E-state index in [1.165, 1.54) is 32.1 Å².